The number of hydrogen-bond acceptors (Lipinski definition) is 6. The van der Waals surface area contributed by atoms with Gasteiger partial charge in [-0.05, 0) is 54.9 Å². The zero-order valence-corrected chi connectivity index (χ0v) is 24.2. The summed E-state index contributed by atoms with van der Waals surface area (Å²) in [6.45, 7) is 9.88. The normalized spacial score (nSPS) is 16.4. The summed E-state index contributed by atoms with van der Waals surface area (Å²) >= 11 is 0. The smallest absolute Gasteiger partial charge is 0.295 e. The number of likely N-dealkylation sites (tertiary alicyclic amines) is 1. The molecule has 4 rings (SSSR count). The molecule has 1 saturated heterocycles. The van der Waals surface area contributed by atoms with Crippen molar-refractivity contribution in [3.8, 4) is 11.5 Å². The van der Waals surface area contributed by atoms with Gasteiger partial charge in [0.25, 0.3) is 11.7 Å². The molecule has 1 unspecified atom stereocenters. The van der Waals surface area contributed by atoms with Gasteiger partial charge in [-0.3, -0.25) is 9.59 Å². The van der Waals surface area contributed by atoms with E-state index in [9.17, 15) is 14.7 Å². The van der Waals surface area contributed by atoms with E-state index in [1.165, 1.54) is 0 Å². The fourth-order valence-corrected chi connectivity index (χ4v) is 4.96. The van der Waals surface area contributed by atoms with E-state index >= 15 is 0 Å². The molecule has 1 fully saturated rings. The molecule has 3 aromatic carbocycles. The lowest BCUT2D eigenvalue weighted by Crippen LogP contribution is -2.38. The third-order valence-corrected chi connectivity index (χ3v) is 7.41. The molecule has 0 aliphatic carbocycles. The van der Waals surface area contributed by atoms with Crippen LogP contribution in [-0.4, -0.2) is 59.4 Å². The highest BCUT2D eigenvalue weighted by atomic mass is 16.5. The molecular weight excluding hydrogens is 516 g/mol. The van der Waals surface area contributed by atoms with Crippen LogP contribution in [-0.2, 0) is 16.2 Å². The van der Waals surface area contributed by atoms with E-state index in [-0.39, 0.29) is 11.3 Å². The average Bonchev–Trinajstić information content (AvgIpc) is 3.26. The molecule has 1 aliphatic heterocycles. The van der Waals surface area contributed by atoms with Crippen molar-refractivity contribution in [3.05, 3.63) is 101 Å². The number of aliphatic hydroxyl groups is 1. The summed E-state index contributed by atoms with van der Waals surface area (Å²) in [7, 11) is 0. The van der Waals surface area contributed by atoms with E-state index in [1.807, 2.05) is 60.7 Å². The summed E-state index contributed by atoms with van der Waals surface area (Å²) in [6, 6.07) is 23.6. The molecule has 7 heteroatoms. The summed E-state index contributed by atoms with van der Waals surface area (Å²) < 4.78 is 11.8. The van der Waals surface area contributed by atoms with E-state index in [4.69, 9.17) is 9.47 Å². The van der Waals surface area contributed by atoms with Crippen molar-refractivity contribution >= 4 is 17.4 Å². The molecule has 1 amide bonds. The first-order valence-electron chi connectivity index (χ1n) is 14.5. The van der Waals surface area contributed by atoms with Gasteiger partial charge in [-0.1, -0.05) is 81.8 Å². The highest BCUT2D eigenvalue weighted by Crippen LogP contribution is 2.40. The first kappa shape index (κ1) is 29.9. The van der Waals surface area contributed by atoms with Crippen LogP contribution in [0.4, 0.5) is 0 Å². The quantitative estimate of drug-likeness (QED) is 0.110. The van der Waals surface area contributed by atoms with Gasteiger partial charge in [-0.15, -0.1) is 0 Å². The van der Waals surface area contributed by atoms with Crippen LogP contribution in [0.1, 0.15) is 56.3 Å². The Labute approximate surface area is 243 Å². The van der Waals surface area contributed by atoms with E-state index in [2.05, 4.69) is 25.7 Å². The number of unbranched alkanes of at least 4 members (excludes halogenated alkanes) is 1. The Morgan fingerprint density at radius 1 is 0.878 bits per heavy atom. The minimum Gasteiger partial charge on any atom is -0.507 e. The van der Waals surface area contributed by atoms with Crippen LogP contribution in [0.25, 0.3) is 5.76 Å². The molecule has 1 aliphatic rings. The number of benzene rings is 3. The molecule has 0 radical (unpaired) electrons. The second-order valence-corrected chi connectivity index (χ2v) is 10.1. The monoisotopic (exact) mass is 556 g/mol. The van der Waals surface area contributed by atoms with Gasteiger partial charge in [-0.25, -0.2) is 0 Å². The predicted octanol–water partition coefficient (Wildman–Crippen LogP) is 6.21. The van der Waals surface area contributed by atoms with Gasteiger partial charge >= 0.3 is 0 Å². The molecule has 3 aromatic rings. The maximum atomic E-state index is 13.4. The van der Waals surface area contributed by atoms with Crippen LogP contribution in [0.5, 0.6) is 11.5 Å². The fraction of sp³-hybridized carbons (Fsp3) is 0.353. The third kappa shape index (κ3) is 7.35. The third-order valence-electron chi connectivity index (χ3n) is 7.41. The van der Waals surface area contributed by atoms with E-state index in [1.54, 1.807) is 23.1 Å². The van der Waals surface area contributed by atoms with Crippen LogP contribution in [0.2, 0.25) is 0 Å². The maximum absolute atomic E-state index is 13.4. The number of ether oxygens (including phenoxy) is 2. The number of ketones is 1. The number of Topliss-reactive ketones (excluding diaryl/α,β-unsaturated/α-hetero) is 1. The van der Waals surface area contributed by atoms with Crippen LogP contribution < -0.4 is 9.47 Å². The molecule has 41 heavy (non-hydrogen) atoms. The Balaban J connectivity index is 1.67. The molecule has 0 saturated carbocycles. The molecule has 1 N–H and O–H groups in total. The van der Waals surface area contributed by atoms with E-state index in [0.717, 1.165) is 37.1 Å². The average molecular weight is 557 g/mol. The summed E-state index contributed by atoms with van der Waals surface area (Å²) in [4.78, 5) is 30.6. The van der Waals surface area contributed by atoms with E-state index in [0.29, 0.717) is 43.4 Å². The predicted molar refractivity (Wildman–Crippen MR) is 161 cm³/mol. The van der Waals surface area contributed by atoms with Crippen molar-refractivity contribution in [2.24, 2.45) is 0 Å². The van der Waals surface area contributed by atoms with Crippen LogP contribution in [0, 0.1) is 0 Å². The molecule has 7 nitrogen and oxygen atoms in total. The summed E-state index contributed by atoms with van der Waals surface area (Å²) in [5.74, 6) is -0.217. The van der Waals surface area contributed by atoms with Gasteiger partial charge in [-0.2, -0.15) is 0 Å². The van der Waals surface area contributed by atoms with Gasteiger partial charge in [0.1, 0.15) is 23.9 Å². The number of likely N-dealkylation sites (N-methyl/N-ethyl adjacent to an activating group) is 1. The summed E-state index contributed by atoms with van der Waals surface area (Å²) in [5.41, 5.74) is 2.31. The molecule has 0 spiro atoms. The van der Waals surface area contributed by atoms with Crippen molar-refractivity contribution in [2.45, 2.75) is 46.3 Å². The van der Waals surface area contributed by atoms with E-state index < -0.39 is 17.7 Å². The second kappa shape index (κ2) is 14.5. The van der Waals surface area contributed by atoms with Crippen molar-refractivity contribution in [2.75, 3.05) is 32.8 Å². The number of hydrogen-bond donors (Lipinski definition) is 1. The molecule has 216 valence electrons. The van der Waals surface area contributed by atoms with Crippen LogP contribution >= 0.6 is 0 Å². The van der Waals surface area contributed by atoms with Gasteiger partial charge in [0, 0.05) is 18.7 Å². The minimum atomic E-state index is -0.724. The Morgan fingerprint density at radius 3 is 2.29 bits per heavy atom. The fourth-order valence-electron chi connectivity index (χ4n) is 4.96. The summed E-state index contributed by atoms with van der Waals surface area (Å²) in [5, 5.41) is 11.5. The Hall–Kier alpha value is -4.10. The lowest BCUT2D eigenvalue weighted by Gasteiger charge is -2.28. The maximum Gasteiger partial charge on any atom is 0.295 e. The Kier molecular flexibility index (Phi) is 10.6. The van der Waals surface area contributed by atoms with Gasteiger partial charge in [0.05, 0.1) is 18.2 Å². The molecule has 0 aromatic heterocycles. The second-order valence-electron chi connectivity index (χ2n) is 10.1. The number of amides is 1. The van der Waals surface area contributed by atoms with Crippen molar-refractivity contribution < 1.29 is 24.2 Å². The first-order valence-corrected chi connectivity index (χ1v) is 14.5. The zero-order chi connectivity index (χ0) is 29.2. The lowest BCUT2D eigenvalue weighted by atomic mass is 9.95. The summed E-state index contributed by atoms with van der Waals surface area (Å²) in [6.07, 6.45) is 1.92. The van der Waals surface area contributed by atoms with Crippen molar-refractivity contribution in [1.82, 2.24) is 9.80 Å². The number of carbonyl (C=O) groups excluding carboxylic acids is 2. The van der Waals surface area contributed by atoms with Gasteiger partial charge < -0.3 is 24.4 Å². The number of carbonyl (C=O) groups is 2. The lowest BCUT2D eigenvalue weighted by molar-refractivity contribution is -0.140. The molecule has 1 atom stereocenters. The topological polar surface area (TPSA) is 79.3 Å². The Bertz CT molecular complexity index is 1330. The van der Waals surface area contributed by atoms with Crippen LogP contribution in [0.3, 0.4) is 0 Å². The van der Waals surface area contributed by atoms with Gasteiger partial charge in [0.2, 0.25) is 0 Å². The first-order chi connectivity index (χ1) is 20.0. The van der Waals surface area contributed by atoms with Crippen molar-refractivity contribution in [1.29, 1.82) is 0 Å². The highest BCUT2D eigenvalue weighted by molar-refractivity contribution is 6.46. The molecular formula is C34H40N2O5. The molecule has 0 bridgehead atoms. The zero-order valence-electron chi connectivity index (χ0n) is 24.2. The molecule has 1 heterocycles. The SMILES string of the molecule is CCCCOc1cccc(/C(O)=C2\C(=O)C(=O)N(CCN(CC)CC)C2c2ccc(OCc3ccccc3)cc2)c1. The number of aliphatic hydroxyl groups excluding tert-OH is 1. The minimum absolute atomic E-state index is 0.0817. The van der Waals surface area contributed by atoms with Gasteiger partial charge in [0.15, 0.2) is 0 Å². The number of rotatable bonds is 14. The Morgan fingerprint density at radius 2 is 1.61 bits per heavy atom. The number of nitrogens with zero attached hydrogens (tertiary/aromatic N) is 2. The largest absolute Gasteiger partial charge is 0.507 e. The van der Waals surface area contributed by atoms with Crippen molar-refractivity contribution in [3.63, 3.8) is 0 Å². The standard InChI is InChI=1S/C34H40N2O5/c1-4-7-22-40-29-15-11-14-27(23-29)32(37)30-31(36(34(39)33(30)38)21-20-35(5-2)6-3)26-16-18-28(19-17-26)41-24-25-12-9-8-10-13-25/h8-19,23,31,37H,4-7,20-22,24H2,1-3H3/b32-30+. The highest BCUT2D eigenvalue weighted by Gasteiger charge is 2.46. The van der Waals surface area contributed by atoms with Crippen LogP contribution in [0.15, 0.2) is 84.4 Å².